The number of nitrogens with one attached hydrogen (secondary N) is 1. The average Bonchev–Trinajstić information content (AvgIpc) is 3.02. The van der Waals surface area contributed by atoms with Crippen LogP contribution in [0.1, 0.15) is 44.6 Å². The third-order valence-electron chi connectivity index (χ3n) is 4.99. The van der Waals surface area contributed by atoms with Gasteiger partial charge in [-0.15, -0.1) is 0 Å². The third kappa shape index (κ3) is 2.90. The Kier molecular flexibility index (Phi) is 4.39. The molecule has 0 aliphatic heterocycles. The molecule has 0 saturated heterocycles. The minimum Gasteiger partial charge on any atom is -0.385 e. The van der Waals surface area contributed by atoms with Crippen LogP contribution in [0, 0.1) is 17.8 Å². The van der Waals surface area contributed by atoms with Crippen molar-refractivity contribution >= 4 is 27.4 Å². The quantitative estimate of drug-likeness (QED) is 0.804. The third-order valence-corrected chi connectivity index (χ3v) is 6.01. The molecule has 0 aromatic heterocycles. The van der Waals surface area contributed by atoms with Gasteiger partial charge in [0.25, 0.3) is 0 Å². The molecule has 1 aromatic carbocycles. The number of rotatable bonds is 4. The molecular weight excluding hydrogens is 326 g/mol. The number of carbonyl (C=O) groups is 1. The van der Waals surface area contributed by atoms with E-state index in [-0.39, 0.29) is 4.83 Å². The van der Waals surface area contributed by atoms with Crippen molar-refractivity contribution in [3.05, 3.63) is 29.8 Å². The average molecular weight is 350 g/mol. The summed E-state index contributed by atoms with van der Waals surface area (Å²) in [6, 6.07) is 8.72. The minimum absolute atomic E-state index is 0.0160. The number of ketones is 1. The molecule has 0 amide bonds. The topological polar surface area (TPSA) is 29.1 Å². The molecule has 4 unspecified atom stereocenters. The fourth-order valence-corrected chi connectivity index (χ4v) is 4.97. The van der Waals surface area contributed by atoms with Crippen molar-refractivity contribution in [2.75, 3.05) is 11.9 Å². The van der Waals surface area contributed by atoms with E-state index in [1.807, 2.05) is 0 Å². The molecule has 2 aliphatic rings. The number of halogens is 1. The van der Waals surface area contributed by atoms with Crippen molar-refractivity contribution in [1.82, 2.24) is 0 Å². The molecule has 0 spiro atoms. The molecule has 1 N–H and O–H groups in total. The van der Waals surface area contributed by atoms with Gasteiger partial charge in [0.05, 0.1) is 4.83 Å². The molecule has 4 atom stereocenters. The highest BCUT2D eigenvalue weighted by molar-refractivity contribution is 9.10. The Balaban J connectivity index is 1.76. The molecule has 114 valence electrons. The van der Waals surface area contributed by atoms with E-state index in [1.165, 1.54) is 24.1 Å². The first-order valence-electron chi connectivity index (χ1n) is 8.09. The second kappa shape index (κ2) is 6.12. The summed E-state index contributed by atoms with van der Waals surface area (Å²) in [4.78, 5) is 12.4. The van der Waals surface area contributed by atoms with E-state index in [0.717, 1.165) is 13.0 Å². The number of carbonyl (C=O) groups excluding carboxylic acids is 1. The fraction of sp³-hybridized carbons (Fsp3) is 0.611. The molecule has 2 nitrogen and oxygen atoms in total. The van der Waals surface area contributed by atoms with E-state index in [0.29, 0.717) is 29.5 Å². The highest BCUT2D eigenvalue weighted by Gasteiger charge is 2.50. The number of anilines is 1. The van der Waals surface area contributed by atoms with Crippen LogP contribution in [-0.2, 0) is 4.79 Å². The van der Waals surface area contributed by atoms with E-state index in [4.69, 9.17) is 0 Å². The van der Waals surface area contributed by atoms with Gasteiger partial charge in [-0.05, 0) is 42.4 Å². The van der Waals surface area contributed by atoms with Gasteiger partial charge in [-0.2, -0.15) is 0 Å². The van der Waals surface area contributed by atoms with E-state index in [1.54, 1.807) is 0 Å². The van der Waals surface area contributed by atoms with Crippen molar-refractivity contribution in [3.8, 4) is 0 Å². The lowest BCUT2D eigenvalue weighted by Gasteiger charge is -2.21. The second-order valence-corrected chi connectivity index (χ2v) is 7.91. The van der Waals surface area contributed by atoms with Gasteiger partial charge in [-0.25, -0.2) is 0 Å². The van der Waals surface area contributed by atoms with Crippen LogP contribution in [0.25, 0.3) is 0 Å². The van der Waals surface area contributed by atoms with E-state index in [9.17, 15) is 4.79 Å². The smallest absolute Gasteiger partial charge is 0.150 e. The molecule has 1 aromatic rings. The lowest BCUT2D eigenvalue weighted by molar-refractivity contribution is -0.120. The highest BCUT2D eigenvalue weighted by Crippen LogP contribution is 2.52. The second-order valence-electron chi connectivity index (χ2n) is 6.93. The van der Waals surface area contributed by atoms with Crippen LogP contribution in [0.5, 0.6) is 0 Å². The Morgan fingerprint density at radius 1 is 1.24 bits per heavy atom. The van der Waals surface area contributed by atoms with Crippen LogP contribution in [-0.4, -0.2) is 17.2 Å². The summed E-state index contributed by atoms with van der Waals surface area (Å²) >= 11 is 3.67. The molecule has 2 fully saturated rings. The van der Waals surface area contributed by atoms with Crippen molar-refractivity contribution in [3.63, 3.8) is 0 Å². The summed E-state index contributed by atoms with van der Waals surface area (Å²) in [7, 11) is 0. The minimum atomic E-state index is 0.0160. The predicted molar refractivity (Wildman–Crippen MR) is 91.1 cm³/mol. The first-order valence-corrected chi connectivity index (χ1v) is 9.01. The molecular formula is C18H24BrNO. The molecule has 0 bridgehead atoms. The number of Topliss-reactive ketones (excluding diaryl/α,β-unsaturated/α-hetero) is 1. The normalized spacial score (nSPS) is 31.7. The molecule has 0 heterocycles. The van der Waals surface area contributed by atoms with Crippen LogP contribution in [0.2, 0.25) is 0 Å². The van der Waals surface area contributed by atoms with Gasteiger partial charge in [-0.3, -0.25) is 4.79 Å². The fourth-order valence-electron chi connectivity index (χ4n) is 3.93. The number of hydrogen-bond donors (Lipinski definition) is 1. The largest absolute Gasteiger partial charge is 0.385 e. The van der Waals surface area contributed by atoms with Gasteiger partial charge < -0.3 is 5.32 Å². The van der Waals surface area contributed by atoms with Gasteiger partial charge in [0.2, 0.25) is 0 Å². The summed E-state index contributed by atoms with van der Waals surface area (Å²) in [6.07, 6.45) is 3.51. The standard InChI is InChI=1S/C18H24BrNO/c1-11(2)10-20-13-8-6-12(7-9-13)16-14-4-3-5-15(14)18(21)17(16)19/h6-9,11,14-17,20H,3-5,10H2,1-2H3. The van der Waals surface area contributed by atoms with Crippen molar-refractivity contribution in [2.24, 2.45) is 17.8 Å². The molecule has 3 rings (SSSR count). The number of hydrogen-bond acceptors (Lipinski definition) is 2. The van der Waals surface area contributed by atoms with Crippen LogP contribution in [0.3, 0.4) is 0 Å². The first kappa shape index (κ1) is 15.1. The monoisotopic (exact) mass is 349 g/mol. The van der Waals surface area contributed by atoms with Crippen LogP contribution in [0.15, 0.2) is 24.3 Å². The maximum atomic E-state index is 12.4. The van der Waals surface area contributed by atoms with Crippen molar-refractivity contribution < 1.29 is 4.79 Å². The summed E-state index contributed by atoms with van der Waals surface area (Å²) in [5.74, 6) is 2.30. The van der Waals surface area contributed by atoms with Gasteiger partial charge in [0, 0.05) is 24.1 Å². The lowest BCUT2D eigenvalue weighted by Crippen LogP contribution is -2.16. The Morgan fingerprint density at radius 2 is 1.95 bits per heavy atom. The van der Waals surface area contributed by atoms with Gasteiger partial charge in [-0.1, -0.05) is 48.3 Å². The Hall–Kier alpha value is -0.830. The first-order chi connectivity index (χ1) is 10.1. The van der Waals surface area contributed by atoms with Gasteiger partial charge in [0.1, 0.15) is 5.78 Å². The summed E-state index contributed by atoms with van der Waals surface area (Å²) < 4.78 is 0. The highest BCUT2D eigenvalue weighted by atomic mass is 79.9. The predicted octanol–water partition coefficient (Wildman–Crippen LogP) is 4.60. The van der Waals surface area contributed by atoms with Crippen LogP contribution >= 0.6 is 15.9 Å². The van der Waals surface area contributed by atoms with Crippen LogP contribution < -0.4 is 5.32 Å². The van der Waals surface area contributed by atoms with Gasteiger partial charge >= 0.3 is 0 Å². The van der Waals surface area contributed by atoms with Crippen LogP contribution in [0.4, 0.5) is 5.69 Å². The zero-order chi connectivity index (χ0) is 15.0. The van der Waals surface area contributed by atoms with E-state index in [2.05, 4.69) is 59.4 Å². The van der Waals surface area contributed by atoms with Crippen molar-refractivity contribution in [2.45, 2.75) is 43.9 Å². The van der Waals surface area contributed by atoms with Gasteiger partial charge in [0.15, 0.2) is 0 Å². The number of fused-ring (bicyclic) bond motifs is 1. The molecule has 21 heavy (non-hydrogen) atoms. The molecule has 2 saturated carbocycles. The maximum absolute atomic E-state index is 12.4. The molecule has 3 heteroatoms. The van der Waals surface area contributed by atoms with E-state index < -0.39 is 0 Å². The number of benzene rings is 1. The summed E-state index contributed by atoms with van der Waals surface area (Å²) in [5, 5.41) is 3.45. The lowest BCUT2D eigenvalue weighted by atomic mass is 9.86. The zero-order valence-corrected chi connectivity index (χ0v) is 14.4. The van der Waals surface area contributed by atoms with E-state index >= 15 is 0 Å². The summed E-state index contributed by atoms with van der Waals surface area (Å²) in [5.41, 5.74) is 2.49. The Morgan fingerprint density at radius 3 is 2.62 bits per heavy atom. The summed E-state index contributed by atoms with van der Waals surface area (Å²) in [6.45, 7) is 5.41. The molecule has 2 aliphatic carbocycles. The maximum Gasteiger partial charge on any atom is 0.150 e. The molecule has 0 radical (unpaired) electrons. The Labute approximate surface area is 135 Å². The SMILES string of the molecule is CC(C)CNc1ccc(C2C(Br)C(=O)C3CCCC32)cc1. The Bertz CT molecular complexity index is 510. The number of alkyl halides is 1. The van der Waals surface area contributed by atoms with Crippen molar-refractivity contribution in [1.29, 1.82) is 0 Å². The zero-order valence-electron chi connectivity index (χ0n) is 12.8.